The Kier molecular flexibility index (Phi) is 6.83. The van der Waals surface area contributed by atoms with E-state index < -0.39 is 0 Å². The summed E-state index contributed by atoms with van der Waals surface area (Å²) in [4.78, 5) is 15.3. The molecule has 0 spiro atoms. The van der Waals surface area contributed by atoms with Crippen molar-refractivity contribution < 1.29 is 13.3 Å². The van der Waals surface area contributed by atoms with Gasteiger partial charge in [-0.3, -0.25) is 0 Å². The van der Waals surface area contributed by atoms with Gasteiger partial charge in [-0.2, -0.15) is 0 Å². The van der Waals surface area contributed by atoms with Crippen LogP contribution in [0.1, 0.15) is 0 Å². The minimum atomic E-state index is 0.564. The first-order chi connectivity index (χ1) is 28.2. The Balaban J connectivity index is 1.20. The third-order valence-electron chi connectivity index (χ3n) is 10.9. The number of fused-ring (bicyclic) bond motifs is 9. The van der Waals surface area contributed by atoms with Crippen LogP contribution in [0.15, 0.2) is 189 Å². The molecule has 57 heavy (non-hydrogen) atoms. The van der Waals surface area contributed by atoms with E-state index in [0.29, 0.717) is 17.5 Å². The molecule has 0 aliphatic rings. The van der Waals surface area contributed by atoms with E-state index in [2.05, 4.69) is 66.7 Å². The van der Waals surface area contributed by atoms with E-state index in [1.165, 1.54) is 0 Å². The van der Waals surface area contributed by atoms with Crippen molar-refractivity contribution >= 4 is 65.8 Å². The van der Waals surface area contributed by atoms with Crippen LogP contribution in [0.3, 0.4) is 0 Å². The zero-order valence-electron chi connectivity index (χ0n) is 30.3. The molecule has 6 heteroatoms. The average Bonchev–Trinajstić information content (AvgIpc) is 3.98. The monoisotopic (exact) mass is 731 g/mol. The van der Waals surface area contributed by atoms with E-state index in [1.54, 1.807) is 0 Å². The van der Waals surface area contributed by atoms with Gasteiger partial charge in [0.25, 0.3) is 0 Å². The molecule has 4 heterocycles. The lowest BCUT2D eigenvalue weighted by Gasteiger charge is -2.11. The van der Waals surface area contributed by atoms with Crippen molar-refractivity contribution in [2.75, 3.05) is 0 Å². The first kappa shape index (κ1) is 31.5. The van der Waals surface area contributed by atoms with Gasteiger partial charge in [-0.05, 0) is 59.2 Å². The SMILES string of the molecule is c1ccc(-c2nc(-c3ccccc3)nc(-c3cccc4oc5c(-c6cccc7oc8ccccc8c67)cc(-c6cccc7oc8ccccc8c67)cc5c34)n2)cc1. The fourth-order valence-corrected chi connectivity index (χ4v) is 8.41. The second-order valence-electron chi connectivity index (χ2n) is 14.3. The van der Waals surface area contributed by atoms with Gasteiger partial charge in [0.1, 0.15) is 33.5 Å². The number of benzene rings is 8. The Morgan fingerprint density at radius 3 is 1.35 bits per heavy atom. The van der Waals surface area contributed by atoms with Gasteiger partial charge in [-0.1, -0.05) is 133 Å². The molecule has 0 atom stereocenters. The van der Waals surface area contributed by atoms with Crippen molar-refractivity contribution in [2.45, 2.75) is 0 Å². The molecule has 0 N–H and O–H groups in total. The normalized spacial score (nSPS) is 11.9. The second-order valence-corrected chi connectivity index (χ2v) is 14.3. The molecule has 0 saturated heterocycles. The van der Waals surface area contributed by atoms with Gasteiger partial charge in [0, 0.05) is 54.6 Å². The number of nitrogens with zero attached hydrogens (tertiary/aromatic N) is 3. The van der Waals surface area contributed by atoms with Gasteiger partial charge in [0.15, 0.2) is 17.5 Å². The summed E-state index contributed by atoms with van der Waals surface area (Å²) in [6, 6.07) is 59.7. The number of furan rings is 3. The molecule has 4 aromatic heterocycles. The Morgan fingerprint density at radius 2 is 0.737 bits per heavy atom. The van der Waals surface area contributed by atoms with E-state index in [9.17, 15) is 0 Å². The third-order valence-corrected chi connectivity index (χ3v) is 10.9. The Morgan fingerprint density at radius 1 is 0.281 bits per heavy atom. The minimum Gasteiger partial charge on any atom is -0.456 e. The average molecular weight is 732 g/mol. The molecule has 8 aromatic carbocycles. The highest BCUT2D eigenvalue weighted by molar-refractivity contribution is 6.21. The van der Waals surface area contributed by atoms with E-state index in [0.717, 1.165) is 105 Å². The smallest absolute Gasteiger partial charge is 0.164 e. The number of para-hydroxylation sites is 2. The van der Waals surface area contributed by atoms with Gasteiger partial charge in [-0.25, -0.2) is 15.0 Å². The van der Waals surface area contributed by atoms with Gasteiger partial charge < -0.3 is 13.3 Å². The summed E-state index contributed by atoms with van der Waals surface area (Å²) >= 11 is 0. The molecule has 0 fully saturated rings. The largest absolute Gasteiger partial charge is 0.456 e. The summed E-state index contributed by atoms with van der Waals surface area (Å²) in [5, 5.41) is 6.09. The standard InChI is InChI=1S/C51H29N3O3/c1-3-14-30(15-4-1)49-52-50(31-16-5-2-6-17-31)54-51(53-49)37-22-13-27-44-47(37)39-29-32(33-20-11-25-42-45(33)35-18-7-9-23-40(35)55-42)28-38(48(39)57-44)34-21-12-26-43-46(34)36-19-8-10-24-41(36)56-43/h1-29H. The molecule has 0 amide bonds. The summed E-state index contributed by atoms with van der Waals surface area (Å²) < 4.78 is 19.8. The van der Waals surface area contributed by atoms with Crippen molar-refractivity contribution in [3.8, 4) is 56.4 Å². The highest BCUT2D eigenvalue weighted by Gasteiger charge is 2.24. The van der Waals surface area contributed by atoms with Crippen LogP contribution in [0.5, 0.6) is 0 Å². The highest BCUT2D eigenvalue weighted by atomic mass is 16.3. The molecule has 0 unspecified atom stereocenters. The molecule has 12 rings (SSSR count). The molecular formula is C51H29N3O3. The van der Waals surface area contributed by atoms with Crippen molar-refractivity contribution in [3.05, 3.63) is 176 Å². The molecule has 12 aromatic rings. The molecule has 0 saturated carbocycles. The Bertz CT molecular complexity index is 3470. The lowest BCUT2D eigenvalue weighted by atomic mass is 9.91. The van der Waals surface area contributed by atoms with Crippen LogP contribution in [0.25, 0.3) is 122 Å². The van der Waals surface area contributed by atoms with Crippen LogP contribution in [0.2, 0.25) is 0 Å². The van der Waals surface area contributed by atoms with E-state index in [-0.39, 0.29) is 0 Å². The van der Waals surface area contributed by atoms with Crippen LogP contribution in [-0.4, -0.2) is 15.0 Å². The predicted molar refractivity (Wildman–Crippen MR) is 229 cm³/mol. The number of rotatable bonds is 5. The fourth-order valence-electron chi connectivity index (χ4n) is 8.41. The van der Waals surface area contributed by atoms with Crippen LogP contribution in [-0.2, 0) is 0 Å². The van der Waals surface area contributed by atoms with E-state index in [4.69, 9.17) is 28.2 Å². The van der Waals surface area contributed by atoms with Crippen molar-refractivity contribution in [1.29, 1.82) is 0 Å². The van der Waals surface area contributed by atoms with Gasteiger partial charge >= 0.3 is 0 Å². The van der Waals surface area contributed by atoms with Crippen LogP contribution in [0, 0.1) is 0 Å². The van der Waals surface area contributed by atoms with Gasteiger partial charge in [0.2, 0.25) is 0 Å². The molecular weight excluding hydrogens is 703 g/mol. The zero-order valence-corrected chi connectivity index (χ0v) is 30.3. The summed E-state index contributed by atoms with van der Waals surface area (Å²) in [6.07, 6.45) is 0. The van der Waals surface area contributed by atoms with E-state index >= 15 is 0 Å². The van der Waals surface area contributed by atoms with Gasteiger partial charge in [0.05, 0.1) is 0 Å². The summed E-state index contributed by atoms with van der Waals surface area (Å²) in [5.41, 5.74) is 11.6. The lowest BCUT2D eigenvalue weighted by molar-refractivity contribution is 0.668. The van der Waals surface area contributed by atoms with Gasteiger partial charge in [-0.15, -0.1) is 0 Å². The van der Waals surface area contributed by atoms with Crippen LogP contribution < -0.4 is 0 Å². The molecule has 0 aliphatic carbocycles. The molecule has 0 bridgehead atoms. The first-order valence-corrected chi connectivity index (χ1v) is 18.9. The minimum absolute atomic E-state index is 0.564. The summed E-state index contributed by atoms with van der Waals surface area (Å²) in [5.74, 6) is 1.76. The van der Waals surface area contributed by atoms with Crippen LogP contribution >= 0.6 is 0 Å². The quantitative estimate of drug-likeness (QED) is 0.175. The lowest BCUT2D eigenvalue weighted by Crippen LogP contribution is -2.00. The summed E-state index contributed by atoms with van der Waals surface area (Å²) in [7, 11) is 0. The second kappa shape index (κ2) is 12.3. The number of aromatic nitrogens is 3. The van der Waals surface area contributed by atoms with Crippen molar-refractivity contribution in [2.24, 2.45) is 0 Å². The number of hydrogen-bond acceptors (Lipinski definition) is 6. The molecule has 6 nitrogen and oxygen atoms in total. The molecule has 266 valence electrons. The topological polar surface area (TPSA) is 78.1 Å². The molecule has 0 radical (unpaired) electrons. The Hall–Kier alpha value is -7.83. The van der Waals surface area contributed by atoms with E-state index in [1.807, 2.05) is 109 Å². The maximum atomic E-state index is 6.98. The van der Waals surface area contributed by atoms with Crippen molar-refractivity contribution in [1.82, 2.24) is 15.0 Å². The molecule has 0 aliphatic heterocycles. The van der Waals surface area contributed by atoms with Crippen LogP contribution in [0.4, 0.5) is 0 Å². The maximum absolute atomic E-state index is 6.98. The zero-order chi connectivity index (χ0) is 37.5. The highest BCUT2D eigenvalue weighted by Crippen LogP contribution is 2.47. The number of hydrogen-bond donors (Lipinski definition) is 0. The van der Waals surface area contributed by atoms with Crippen molar-refractivity contribution in [3.63, 3.8) is 0 Å². The maximum Gasteiger partial charge on any atom is 0.164 e. The fraction of sp³-hybridized carbons (Fsp3) is 0. The first-order valence-electron chi connectivity index (χ1n) is 18.9. The Labute approximate surface area is 325 Å². The summed E-state index contributed by atoms with van der Waals surface area (Å²) in [6.45, 7) is 0. The third kappa shape index (κ3) is 4.94. The predicted octanol–water partition coefficient (Wildman–Crippen LogP) is 13.9.